The van der Waals surface area contributed by atoms with Gasteiger partial charge in [0.1, 0.15) is 5.82 Å². The van der Waals surface area contributed by atoms with Gasteiger partial charge in [0.05, 0.1) is 5.56 Å². The molecule has 1 aliphatic heterocycles. The van der Waals surface area contributed by atoms with Gasteiger partial charge in [-0.2, -0.15) is 0 Å². The van der Waals surface area contributed by atoms with Gasteiger partial charge < -0.3 is 11.1 Å². The molecule has 0 radical (unpaired) electrons. The smallest absolute Gasteiger partial charge is 0.251 e. The third kappa shape index (κ3) is 5.18. The molecule has 134 valence electrons. The van der Waals surface area contributed by atoms with Crippen LogP contribution in [0.15, 0.2) is 48.5 Å². The molecule has 1 heterocycles. The highest BCUT2D eigenvalue weighted by Crippen LogP contribution is 2.20. The number of primary amides is 1. The van der Waals surface area contributed by atoms with Crippen LogP contribution in [-0.2, 0) is 6.54 Å². The Hall–Kier alpha value is -2.11. The fraction of sp³-hybridized carbons (Fsp3) is 0.316. The standard InChI is InChI=1S/C19H22FN3O.ClH/c20-18-12-16(6-7-17(18)19(21)24)22-15-8-10-23(11-9-15)13-14-4-2-1-3-5-14;/h1-7,12,15,22H,8-11,13H2,(H2,21,24);1H. The van der Waals surface area contributed by atoms with E-state index in [9.17, 15) is 9.18 Å². The summed E-state index contributed by atoms with van der Waals surface area (Å²) >= 11 is 0. The maximum absolute atomic E-state index is 13.8. The Morgan fingerprint density at radius 1 is 1.16 bits per heavy atom. The molecule has 6 heteroatoms. The highest BCUT2D eigenvalue weighted by Gasteiger charge is 2.19. The molecule has 25 heavy (non-hydrogen) atoms. The van der Waals surface area contributed by atoms with Crippen LogP contribution in [-0.4, -0.2) is 29.9 Å². The number of nitrogens with two attached hydrogens (primary N) is 1. The lowest BCUT2D eigenvalue weighted by atomic mass is 10.0. The number of nitrogens with one attached hydrogen (secondary N) is 1. The molecule has 4 nitrogen and oxygen atoms in total. The zero-order valence-electron chi connectivity index (χ0n) is 14.0. The lowest BCUT2D eigenvalue weighted by Crippen LogP contribution is -2.38. The van der Waals surface area contributed by atoms with Gasteiger partial charge in [-0.3, -0.25) is 9.69 Å². The minimum absolute atomic E-state index is 0. The molecule has 2 aromatic rings. The molecule has 1 fully saturated rings. The fourth-order valence-electron chi connectivity index (χ4n) is 3.12. The van der Waals surface area contributed by atoms with Gasteiger partial charge in [0.25, 0.3) is 5.91 Å². The van der Waals surface area contributed by atoms with Crippen LogP contribution < -0.4 is 11.1 Å². The van der Waals surface area contributed by atoms with E-state index < -0.39 is 11.7 Å². The molecule has 0 aromatic heterocycles. The predicted molar refractivity (Wildman–Crippen MR) is 101 cm³/mol. The number of piperidine rings is 1. The molecule has 1 aliphatic rings. The number of hydrogen-bond donors (Lipinski definition) is 2. The minimum atomic E-state index is -0.742. The van der Waals surface area contributed by atoms with Crippen molar-refractivity contribution in [2.24, 2.45) is 5.73 Å². The molecular formula is C19H23ClFN3O. The molecule has 0 atom stereocenters. The average molecular weight is 364 g/mol. The van der Waals surface area contributed by atoms with Crippen LogP contribution in [0.3, 0.4) is 0 Å². The monoisotopic (exact) mass is 363 g/mol. The van der Waals surface area contributed by atoms with Gasteiger partial charge >= 0.3 is 0 Å². The Labute approximate surface area is 153 Å². The van der Waals surface area contributed by atoms with Crippen molar-refractivity contribution in [1.29, 1.82) is 0 Å². The van der Waals surface area contributed by atoms with E-state index >= 15 is 0 Å². The van der Waals surface area contributed by atoms with E-state index in [-0.39, 0.29) is 18.0 Å². The molecule has 2 aromatic carbocycles. The Morgan fingerprint density at radius 3 is 2.44 bits per heavy atom. The first-order valence-corrected chi connectivity index (χ1v) is 8.24. The molecule has 0 spiro atoms. The Morgan fingerprint density at radius 2 is 1.84 bits per heavy atom. The third-order valence-electron chi connectivity index (χ3n) is 4.44. The van der Waals surface area contributed by atoms with Crippen LogP contribution >= 0.6 is 12.4 Å². The van der Waals surface area contributed by atoms with Crippen molar-refractivity contribution in [3.8, 4) is 0 Å². The molecule has 0 unspecified atom stereocenters. The van der Waals surface area contributed by atoms with Crippen molar-refractivity contribution in [2.75, 3.05) is 18.4 Å². The number of benzene rings is 2. The SMILES string of the molecule is Cl.NC(=O)c1ccc(NC2CCN(Cc3ccccc3)CC2)cc1F. The molecule has 3 N–H and O–H groups in total. The number of rotatable bonds is 5. The first kappa shape index (κ1) is 19.2. The van der Waals surface area contributed by atoms with E-state index in [2.05, 4.69) is 34.5 Å². The van der Waals surface area contributed by atoms with E-state index in [0.29, 0.717) is 11.7 Å². The first-order valence-electron chi connectivity index (χ1n) is 8.24. The summed E-state index contributed by atoms with van der Waals surface area (Å²) in [6.07, 6.45) is 2.01. The zero-order valence-corrected chi connectivity index (χ0v) is 14.8. The van der Waals surface area contributed by atoms with Gasteiger partial charge in [0.15, 0.2) is 0 Å². The van der Waals surface area contributed by atoms with Crippen molar-refractivity contribution in [1.82, 2.24) is 4.90 Å². The number of hydrogen-bond acceptors (Lipinski definition) is 3. The highest BCUT2D eigenvalue weighted by atomic mass is 35.5. The first-order chi connectivity index (χ1) is 11.6. The van der Waals surface area contributed by atoms with Crippen LogP contribution in [0, 0.1) is 5.82 Å². The number of carbonyl (C=O) groups is 1. The van der Waals surface area contributed by atoms with Crippen molar-refractivity contribution in [3.05, 3.63) is 65.5 Å². The van der Waals surface area contributed by atoms with Crippen LogP contribution in [0.1, 0.15) is 28.8 Å². The lowest BCUT2D eigenvalue weighted by Gasteiger charge is -2.33. The van der Waals surface area contributed by atoms with Gasteiger partial charge in [-0.1, -0.05) is 30.3 Å². The van der Waals surface area contributed by atoms with Crippen LogP contribution in [0.2, 0.25) is 0 Å². The number of nitrogens with zero attached hydrogens (tertiary/aromatic N) is 1. The lowest BCUT2D eigenvalue weighted by molar-refractivity contribution is 0.0996. The van der Waals surface area contributed by atoms with E-state index in [1.807, 2.05) is 6.07 Å². The summed E-state index contributed by atoms with van der Waals surface area (Å²) in [6.45, 7) is 2.98. The van der Waals surface area contributed by atoms with Crippen LogP contribution in [0.5, 0.6) is 0 Å². The van der Waals surface area contributed by atoms with Gasteiger partial charge in [-0.15, -0.1) is 12.4 Å². The molecular weight excluding hydrogens is 341 g/mol. The quantitative estimate of drug-likeness (QED) is 0.855. The average Bonchev–Trinajstić information content (AvgIpc) is 2.57. The third-order valence-corrected chi connectivity index (χ3v) is 4.44. The molecule has 0 bridgehead atoms. The Bertz CT molecular complexity index is 703. The summed E-state index contributed by atoms with van der Waals surface area (Å²) in [6, 6.07) is 15.3. The van der Waals surface area contributed by atoms with Crippen LogP contribution in [0.4, 0.5) is 10.1 Å². The summed E-state index contributed by atoms with van der Waals surface area (Å²) in [5, 5.41) is 3.35. The summed E-state index contributed by atoms with van der Waals surface area (Å²) in [7, 11) is 0. The Kier molecular flexibility index (Phi) is 6.79. The summed E-state index contributed by atoms with van der Waals surface area (Å²) in [5.41, 5.74) is 7.07. The highest BCUT2D eigenvalue weighted by molar-refractivity contribution is 5.93. The number of amides is 1. The molecule has 3 rings (SSSR count). The van der Waals surface area contributed by atoms with Gasteiger partial charge in [-0.05, 0) is 36.6 Å². The minimum Gasteiger partial charge on any atom is -0.382 e. The van der Waals surface area contributed by atoms with E-state index in [4.69, 9.17) is 5.73 Å². The van der Waals surface area contributed by atoms with E-state index in [0.717, 1.165) is 32.5 Å². The second-order valence-electron chi connectivity index (χ2n) is 6.24. The van der Waals surface area contributed by atoms with Crippen molar-refractivity contribution >= 4 is 24.0 Å². The topological polar surface area (TPSA) is 58.4 Å². The summed E-state index contributed by atoms with van der Waals surface area (Å²) in [4.78, 5) is 13.5. The largest absolute Gasteiger partial charge is 0.382 e. The zero-order chi connectivity index (χ0) is 16.9. The number of likely N-dealkylation sites (tertiary alicyclic amines) is 1. The fourth-order valence-corrected chi connectivity index (χ4v) is 3.12. The number of anilines is 1. The molecule has 1 amide bonds. The number of halogens is 2. The van der Waals surface area contributed by atoms with E-state index in [1.54, 1.807) is 6.07 Å². The van der Waals surface area contributed by atoms with Crippen molar-refractivity contribution in [3.63, 3.8) is 0 Å². The van der Waals surface area contributed by atoms with Crippen molar-refractivity contribution in [2.45, 2.75) is 25.4 Å². The maximum atomic E-state index is 13.8. The summed E-state index contributed by atoms with van der Waals surface area (Å²) in [5.74, 6) is -1.32. The molecule has 1 saturated heterocycles. The predicted octanol–water partition coefficient (Wildman–Crippen LogP) is 3.42. The Balaban J connectivity index is 0.00000225. The normalized spacial score (nSPS) is 15.4. The second kappa shape index (κ2) is 8.83. The molecule has 0 aliphatic carbocycles. The molecule has 0 saturated carbocycles. The van der Waals surface area contributed by atoms with Crippen LogP contribution in [0.25, 0.3) is 0 Å². The van der Waals surface area contributed by atoms with Gasteiger partial charge in [-0.25, -0.2) is 4.39 Å². The van der Waals surface area contributed by atoms with Gasteiger partial charge in [0.2, 0.25) is 0 Å². The maximum Gasteiger partial charge on any atom is 0.251 e. The number of carbonyl (C=O) groups excluding carboxylic acids is 1. The van der Waals surface area contributed by atoms with Gasteiger partial charge in [0, 0.05) is 31.4 Å². The van der Waals surface area contributed by atoms with Crippen molar-refractivity contribution < 1.29 is 9.18 Å². The summed E-state index contributed by atoms with van der Waals surface area (Å²) < 4.78 is 13.8. The second-order valence-corrected chi connectivity index (χ2v) is 6.24. The van der Waals surface area contributed by atoms with E-state index in [1.165, 1.54) is 17.7 Å².